The minimum absolute atomic E-state index is 0.153. The largest absolute Gasteiger partial charge is 0.459 e. The second kappa shape index (κ2) is 14.5. The second-order valence-electron chi connectivity index (χ2n) is 10.2. The molecule has 8 nitrogen and oxygen atoms in total. The predicted octanol–water partition coefficient (Wildman–Crippen LogP) is 4.13. The smallest absolute Gasteiger partial charge is 0.351 e. The number of carbonyl (C=O) groups excluding carboxylic acids is 2. The summed E-state index contributed by atoms with van der Waals surface area (Å²) in [4.78, 5) is 26.8. The first-order valence-corrected chi connectivity index (χ1v) is 13.2. The highest BCUT2D eigenvalue weighted by atomic mass is 31.1. The molecule has 0 amide bonds. The summed E-state index contributed by atoms with van der Waals surface area (Å²) in [5, 5.41) is 22.2. The molecule has 0 aromatic rings. The van der Waals surface area contributed by atoms with E-state index in [0.717, 1.165) is 0 Å². The molecule has 2 N–H and O–H groups in total. The number of cyclic esters (lactones) is 1. The molecule has 0 radical (unpaired) electrons. The molecule has 1 fully saturated rings. The first-order chi connectivity index (χ1) is 15.8. The van der Waals surface area contributed by atoms with Gasteiger partial charge < -0.3 is 29.1 Å². The Morgan fingerprint density at radius 1 is 1.26 bits per heavy atom. The van der Waals surface area contributed by atoms with Crippen molar-refractivity contribution in [3.8, 4) is 0 Å². The molecule has 0 bridgehead atoms. The monoisotopic (exact) mass is 503 g/mol. The lowest BCUT2D eigenvalue weighted by molar-refractivity contribution is -0.189. The standard InChI is InChI=1S/C25H46NO7P/c1-9-11-31-24(29)34-33-20-13-16(3)12-18(5)23(28)32-21(10-2)25(7,30)22(27)19(6)26(8)15-17(4)14-20/h9,16-22,27,30,34H,1,10-15H2,2-8H3/t16-,17+,18?,19?,20+,21+,22?,25+/m0/s1. The number of hydrogen-bond donors (Lipinski definition) is 2. The first-order valence-electron chi connectivity index (χ1n) is 12.3. The van der Waals surface area contributed by atoms with E-state index in [4.69, 9.17) is 14.0 Å². The van der Waals surface area contributed by atoms with Gasteiger partial charge in [0.25, 0.3) is 0 Å². The lowest BCUT2D eigenvalue weighted by Gasteiger charge is -2.41. The molecule has 1 heterocycles. The van der Waals surface area contributed by atoms with Crippen molar-refractivity contribution in [3.63, 3.8) is 0 Å². The molecule has 0 aliphatic carbocycles. The van der Waals surface area contributed by atoms with E-state index < -0.39 is 32.3 Å². The Bertz CT molecular complexity index is 659. The summed E-state index contributed by atoms with van der Waals surface area (Å²) < 4.78 is 16.7. The maximum Gasteiger partial charge on any atom is 0.351 e. The van der Waals surface area contributed by atoms with Gasteiger partial charge in [-0.2, -0.15) is 0 Å². The Balaban J connectivity index is 3.10. The van der Waals surface area contributed by atoms with Crippen LogP contribution in [0, 0.1) is 17.8 Å². The number of aliphatic hydroxyl groups is 2. The molecule has 1 saturated heterocycles. The molecular weight excluding hydrogens is 457 g/mol. The maximum atomic E-state index is 12.8. The number of aliphatic hydroxyl groups excluding tert-OH is 1. The van der Waals surface area contributed by atoms with Crippen molar-refractivity contribution < 1.29 is 33.8 Å². The molecule has 9 atom stereocenters. The topological polar surface area (TPSA) is 106 Å². The van der Waals surface area contributed by atoms with E-state index in [1.807, 2.05) is 32.7 Å². The molecule has 0 spiro atoms. The quantitative estimate of drug-likeness (QED) is 0.317. The molecule has 34 heavy (non-hydrogen) atoms. The van der Waals surface area contributed by atoms with Gasteiger partial charge in [0.1, 0.15) is 33.2 Å². The third-order valence-corrected chi connectivity index (χ3v) is 7.52. The van der Waals surface area contributed by atoms with E-state index in [1.165, 1.54) is 13.0 Å². The fourth-order valence-electron chi connectivity index (χ4n) is 4.71. The van der Waals surface area contributed by atoms with Crippen LogP contribution in [0.4, 0.5) is 4.79 Å². The predicted molar refractivity (Wildman–Crippen MR) is 135 cm³/mol. The van der Waals surface area contributed by atoms with Crippen molar-refractivity contribution in [2.45, 2.75) is 97.2 Å². The number of rotatable bonds is 6. The van der Waals surface area contributed by atoms with Gasteiger partial charge in [0.05, 0.1) is 12.0 Å². The van der Waals surface area contributed by atoms with Crippen LogP contribution in [0.5, 0.6) is 0 Å². The van der Waals surface area contributed by atoms with Gasteiger partial charge in [0.15, 0.2) is 0 Å². The molecule has 9 heteroatoms. The van der Waals surface area contributed by atoms with Crippen LogP contribution < -0.4 is 0 Å². The van der Waals surface area contributed by atoms with Gasteiger partial charge in [-0.25, -0.2) is 4.79 Å². The Morgan fingerprint density at radius 3 is 2.47 bits per heavy atom. The number of likely N-dealkylation sites (N-methyl/N-ethyl adjacent to an activating group) is 1. The van der Waals surface area contributed by atoms with Crippen molar-refractivity contribution >= 4 is 20.5 Å². The van der Waals surface area contributed by atoms with Gasteiger partial charge in [0, 0.05) is 12.6 Å². The van der Waals surface area contributed by atoms with Gasteiger partial charge in [0.2, 0.25) is 0 Å². The van der Waals surface area contributed by atoms with E-state index in [2.05, 4.69) is 20.4 Å². The fourth-order valence-corrected chi connectivity index (χ4v) is 5.30. The number of ether oxygens (including phenoxy) is 2. The minimum atomic E-state index is -1.59. The zero-order chi connectivity index (χ0) is 26.1. The number of nitrogens with zero attached hydrogens (tertiary/aromatic N) is 1. The van der Waals surface area contributed by atoms with Crippen molar-refractivity contribution in [1.29, 1.82) is 0 Å². The van der Waals surface area contributed by atoms with Crippen LogP contribution in [0.2, 0.25) is 0 Å². The summed E-state index contributed by atoms with van der Waals surface area (Å²) in [7, 11) is 1.49. The van der Waals surface area contributed by atoms with Gasteiger partial charge >= 0.3 is 11.7 Å². The maximum absolute atomic E-state index is 12.8. The van der Waals surface area contributed by atoms with Crippen molar-refractivity contribution in [1.82, 2.24) is 4.90 Å². The lowest BCUT2D eigenvalue weighted by Crippen LogP contribution is -2.58. The Hall–Kier alpha value is -1.05. The molecule has 198 valence electrons. The zero-order valence-electron chi connectivity index (χ0n) is 22.0. The highest BCUT2D eigenvalue weighted by Gasteiger charge is 2.44. The lowest BCUT2D eigenvalue weighted by atomic mass is 9.86. The third-order valence-electron chi connectivity index (χ3n) is 6.76. The van der Waals surface area contributed by atoms with E-state index in [-0.39, 0.29) is 42.5 Å². The number of hydrogen-bond acceptors (Lipinski definition) is 8. The molecule has 0 aromatic carbocycles. The molecule has 4 unspecified atom stereocenters. The molecule has 1 aliphatic heterocycles. The molecule has 0 aromatic heterocycles. The van der Waals surface area contributed by atoms with Crippen molar-refractivity contribution in [2.24, 2.45) is 17.8 Å². The second-order valence-corrected chi connectivity index (χ2v) is 11.1. The van der Waals surface area contributed by atoms with Gasteiger partial charge in [-0.15, -0.1) is 0 Å². The minimum Gasteiger partial charge on any atom is -0.459 e. The van der Waals surface area contributed by atoms with Crippen LogP contribution in [-0.2, 0) is 18.8 Å². The molecule has 1 aliphatic rings. The highest BCUT2D eigenvalue weighted by Crippen LogP contribution is 2.31. The summed E-state index contributed by atoms with van der Waals surface area (Å²) in [6.45, 7) is 15.6. The van der Waals surface area contributed by atoms with E-state index in [0.29, 0.717) is 32.2 Å². The average molecular weight is 504 g/mol. The Labute approximate surface area is 207 Å². The van der Waals surface area contributed by atoms with Gasteiger partial charge in [-0.1, -0.05) is 40.3 Å². The zero-order valence-corrected chi connectivity index (χ0v) is 23.0. The van der Waals surface area contributed by atoms with Crippen LogP contribution in [0.15, 0.2) is 12.7 Å². The SMILES string of the molecule is C=CCOC(=O)PO[C@H]1C[C@@H](C)CN(C)C(C)C(O)[C@](C)(O)[C@@H](CC)OC(=O)C(C)C[C@H](C)C1. The normalized spacial score (nSPS) is 37.6. The van der Waals surface area contributed by atoms with Crippen molar-refractivity contribution in [2.75, 3.05) is 20.2 Å². The van der Waals surface area contributed by atoms with Crippen LogP contribution >= 0.6 is 8.81 Å². The van der Waals surface area contributed by atoms with Crippen LogP contribution in [-0.4, -0.2) is 76.9 Å². The highest BCUT2D eigenvalue weighted by molar-refractivity contribution is 7.52. The van der Waals surface area contributed by atoms with E-state index in [9.17, 15) is 19.8 Å². The average Bonchev–Trinajstić information content (AvgIpc) is 2.77. The summed E-state index contributed by atoms with van der Waals surface area (Å²) in [6, 6.07) is -0.373. The number of carbonyl (C=O) groups is 2. The Morgan fingerprint density at radius 2 is 1.88 bits per heavy atom. The van der Waals surface area contributed by atoms with Crippen LogP contribution in [0.3, 0.4) is 0 Å². The van der Waals surface area contributed by atoms with Gasteiger partial charge in [-0.05, 0) is 58.4 Å². The Kier molecular flexibility index (Phi) is 13.2. The van der Waals surface area contributed by atoms with E-state index >= 15 is 0 Å². The van der Waals surface area contributed by atoms with Gasteiger partial charge in [-0.3, -0.25) is 4.79 Å². The van der Waals surface area contributed by atoms with Crippen LogP contribution in [0.1, 0.15) is 67.2 Å². The fraction of sp³-hybridized carbons (Fsp3) is 0.840. The number of esters is 1. The van der Waals surface area contributed by atoms with Crippen LogP contribution in [0.25, 0.3) is 0 Å². The summed E-state index contributed by atoms with van der Waals surface area (Å²) >= 11 is 0. The molecule has 1 rings (SSSR count). The molecular formula is C25H46NO7P. The van der Waals surface area contributed by atoms with E-state index in [1.54, 1.807) is 0 Å². The summed E-state index contributed by atoms with van der Waals surface area (Å²) in [5.41, 5.74) is -2.00. The summed E-state index contributed by atoms with van der Waals surface area (Å²) in [6.07, 6.45) is 1.81. The van der Waals surface area contributed by atoms with Crippen molar-refractivity contribution in [3.05, 3.63) is 12.7 Å². The summed E-state index contributed by atoms with van der Waals surface area (Å²) in [5.74, 6) is -0.400. The molecule has 0 saturated carbocycles. The first kappa shape index (κ1) is 31.0. The third kappa shape index (κ3) is 9.54.